The maximum atomic E-state index is 13.5. The van der Waals surface area contributed by atoms with E-state index in [4.69, 9.17) is 4.98 Å². The fourth-order valence-corrected chi connectivity index (χ4v) is 6.22. The maximum Gasteiger partial charge on any atom is 0.326 e. The van der Waals surface area contributed by atoms with E-state index in [0.717, 1.165) is 54.0 Å². The van der Waals surface area contributed by atoms with Gasteiger partial charge in [-0.15, -0.1) is 0 Å². The zero-order valence-electron chi connectivity index (χ0n) is 19.8. The molecule has 36 heavy (non-hydrogen) atoms. The molecule has 0 radical (unpaired) electrons. The maximum absolute atomic E-state index is 13.5. The van der Waals surface area contributed by atoms with Gasteiger partial charge in [0.1, 0.15) is 17.7 Å². The lowest BCUT2D eigenvalue weighted by atomic mass is 10.0. The van der Waals surface area contributed by atoms with Gasteiger partial charge in [-0.25, -0.2) is 14.2 Å². The number of nitrogens with zero attached hydrogens (tertiary/aromatic N) is 5. The van der Waals surface area contributed by atoms with Gasteiger partial charge in [-0.05, 0) is 55.5 Å². The van der Waals surface area contributed by atoms with E-state index in [0.29, 0.717) is 25.3 Å². The predicted octanol–water partition coefficient (Wildman–Crippen LogP) is 3.74. The van der Waals surface area contributed by atoms with E-state index < -0.39 is 0 Å². The average Bonchev–Trinajstić information content (AvgIpc) is 3.63. The van der Waals surface area contributed by atoms with Gasteiger partial charge in [-0.2, -0.15) is 4.37 Å². The Hall–Kier alpha value is -3.53. The SMILES string of the molecule is O=C(C1CCCN1c1nc(Cc2ccc(F)cc2)ns1)N1CCC(n2c(=O)[nH]c3ccccc32)CC1. The van der Waals surface area contributed by atoms with Crippen molar-refractivity contribution in [2.24, 2.45) is 0 Å². The van der Waals surface area contributed by atoms with E-state index in [9.17, 15) is 14.0 Å². The Morgan fingerprint density at radius 3 is 2.64 bits per heavy atom. The number of benzene rings is 2. The van der Waals surface area contributed by atoms with Crippen LogP contribution in [0.4, 0.5) is 9.52 Å². The fraction of sp³-hybridized carbons (Fsp3) is 0.385. The number of para-hydroxylation sites is 2. The van der Waals surface area contributed by atoms with Gasteiger partial charge < -0.3 is 14.8 Å². The van der Waals surface area contributed by atoms with Crippen LogP contribution in [0.2, 0.25) is 0 Å². The van der Waals surface area contributed by atoms with Crippen LogP contribution < -0.4 is 10.6 Å². The quantitative estimate of drug-likeness (QED) is 0.446. The molecule has 2 saturated heterocycles. The number of imidazole rings is 1. The summed E-state index contributed by atoms with van der Waals surface area (Å²) >= 11 is 1.32. The summed E-state index contributed by atoms with van der Waals surface area (Å²) < 4.78 is 19.5. The van der Waals surface area contributed by atoms with Gasteiger partial charge in [-0.1, -0.05) is 24.3 Å². The number of aromatic amines is 1. The van der Waals surface area contributed by atoms with Crippen LogP contribution in [0.1, 0.15) is 43.1 Å². The summed E-state index contributed by atoms with van der Waals surface area (Å²) in [6.07, 6.45) is 3.77. The number of piperidine rings is 1. The summed E-state index contributed by atoms with van der Waals surface area (Å²) in [5.74, 6) is 0.554. The Bertz CT molecular complexity index is 1440. The summed E-state index contributed by atoms with van der Waals surface area (Å²) in [4.78, 5) is 37.8. The third-order valence-corrected chi connectivity index (χ3v) is 8.07. The van der Waals surface area contributed by atoms with E-state index >= 15 is 0 Å². The first-order valence-corrected chi connectivity index (χ1v) is 13.2. The van der Waals surface area contributed by atoms with Crippen LogP contribution in [0, 0.1) is 5.82 Å². The first kappa shape index (κ1) is 22.9. The third kappa shape index (κ3) is 4.30. The first-order valence-electron chi connectivity index (χ1n) is 12.4. The van der Waals surface area contributed by atoms with Crippen molar-refractivity contribution < 1.29 is 9.18 Å². The second-order valence-corrected chi connectivity index (χ2v) is 10.3. The van der Waals surface area contributed by atoms with Crippen molar-refractivity contribution in [3.8, 4) is 0 Å². The number of nitrogens with one attached hydrogen (secondary N) is 1. The highest BCUT2D eigenvalue weighted by molar-refractivity contribution is 7.09. The monoisotopic (exact) mass is 506 g/mol. The molecule has 186 valence electrons. The number of halogens is 1. The Morgan fingerprint density at radius 1 is 1.06 bits per heavy atom. The molecular weight excluding hydrogens is 479 g/mol. The topological polar surface area (TPSA) is 87.1 Å². The van der Waals surface area contributed by atoms with Gasteiger partial charge in [0.2, 0.25) is 11.0 Å². The molecule has 2 aliphatic rings. The molecule has 10 heteroatoms. The number of likely N-dealkylation sites (tertiary alicyclic amines) is 1. The fourth-order valence-electron chi connectivity index (χ4n) is 5.46. The van der Waals surface area contributed by atoms with Gasteiger partial charge in [0, 0.05) is 43.6 Å². The third-order valence-electron chi connectivity index (χ3n) is 7.28. The number of carbonyl (C=O) groups excluding carboxylic acids is 1. The van der Waals surface area contributed by atoms with Gasteiger partial charge in [-0.3, -0.25) is 9.36 Å². The molecule has 2 aromatic heterocycles. The second-order valence-electron chi connectivity index (χ2n) is 9.52. The van der Waals surface area contributed by atoms with Gasteiger partial charge in [0.25, 0.3) is 0 Å². The van der Waals surface area contributed by atoms with E-state index in [1.165, 1.54) is 23.7 Å². The van der Waals surface area contributed by atoms with Crippen molar-refractivity contribution >= 4 is 33.6 Å². The van der Waals surface area contributed by atoms with E-state index in [2.05, 4.69) is 14.3 Å². The molecule has 1 amide bonds. The van der Waals surface area contributed by atoms with Crippen LogP contribution in [0.25, 0.3) is 11.0 Å². The Morgan fingerprint density at radius 2 is 1.83 bits per heavy atom. The van der Waals surface area contributed by atoms with Crippen LogP contribution in [0.15, 0.2) is 53.3 Å². The standard InChI is InChI=1S/C26H27FN6O2S/c27-18-9-7-17(8-10-18)16-23-29-26(36-30-23)32-13-3-6-22(32)24(34)31-14-11-19(12-15-31)33-21-5-2-1-4-20(21)28-25(33)35/h1-2,4-5,7-10,19,22H,3,6,11-16H2,(H,28,35). The molecule has 0 aliphatic carbocycles. The molecule has 2 aliphatic heterocycles. The van der Waals surface area contributed by atoms with E-state index in [-0.39, 0.29) is 29.5 Å². The largest absolute Gasteiger partial charge is 0.341 e. The van der Waals surface area contributed by atoms with Crippen molar-refractivity contribution in [2.45, 2.75) is 44.2 Å². The minimum atomic E-state index is -0.262. The Balaban J connectivity index is 1.12. The molecule has 1 N–H and O–H groups in total. The minimum absolute atomic E-state index is 0.0783. The zero-order chi connectivity index (χ0) is 24.6. The van der Waals surface area contributed by atoms with Crippen molar-refractivity contribution in [1.82, 2.24) is 23.8 Å². The average molecular weight is 507 g/mol. The highest BCUT2D eigenvalue weighted by Crippen LogP contribution is 2.31. The van der Waals surface area contributed by atoms with Crippen molar-refractivity contribution in [2.75, 3.05) is 24.5 Å². The Kier molecular flexibility index (Phi) is 6.04. The van der Waals surface area contributed by atoms with E-state index in [1.54, 1.807) is 12.1 Å². The second kappa shape index (κ2) is 9.50. The smallest absolute Gasteiger partial charge is 0.326 e. The summed E-state index contributed by atoms with van der Waals surface area (Å²) in [6, 6.07) is 14.0. The van der Waals surface area contributed by atoms with Gasteiger partial charge in [0.15, 0.2) is 0 Å². The molecule has 4 heterocycles. The van der Waals surface area contributed by atoms with Gasteiger partial charge >= 0.3 is 5.69 Å². The lowest BCUT2D eigenvalue weighted by molar-refractivity contribution is -0.133. The lowest BCUT2D eigenvalue weighted by Gasteiger charge is -2.35. The number of H-pyrrole nitrogens is 1. The predicted molar refractivity (Wildman–Crippen MR) is 137 cm³/mol. The number of hydrogen-bond acceptors (Lipinski definition) is 6. The molecule has 1 unspecified atom stereocenters. The van der Waals surface area contributed by atoms with Crippen LogP contribution in [0.3, 0.4) is 0 Å². The summed E-state index contributed by atoms with van der Waals surface area (Å²) in [7, 11) is 0. The van der Waals surface area contributed by atoms with Crippen LogP contribution in [-0.4, -0.2) is 55.4 Å². The van der Waals surface area contributed by atoms with Crippen LogP contribution in [0.5, 0.6) is 0 Å². The molecule has 4 aromatic rings. The number of carbonyl (C=O) groups is 1. The number of fused-ring (bicyclic) bond motifs is 1. The summed E-state index contributed by atoms with van der Waals surface area (Å²) in [6.45, 7) is 2.04. The number of amides is 1. The highest BCUT2D eigenvalue weighted by Gasteiger charge is 2.37. The van der Waals surface area contributed by atoms with Crippen molar-refractivity contribution in [1.29, 1.82) is 0 Å². The molecule has 1 atom stereocenters. The zero-order valence-corrected chi connectivity index (χ0v) is 20.6. The highest BCUT2D eigenvalue weighted by atomic mass is 32.1. The normalized spacial score (nSPS) is 18.9. The number of rotatable bonds is 5. The molecule has 6 rings (SSSR count). The molecule has 0 saturated carbocycles. The molecule has 0 spiro atoms. The van der Waals surface area contributed by atoms with E-state index in [1.807, 2.05) is 33.7 Å². The molecular formula is C26H27FN6O2S. The Labute approximate surface area is 211 Å². The number of anilines is 1. The van der Waals surface area contributed by atoms with Crippen LogP contribution >= 0.6 is 11.5 Å². The minimum Gasteiger partial charge on any atom is -0.341 e. The van der Waals surface area contributed by atoms with Crippen LogP contribution in [-0.2, 0) is 11.2 Å². The molecule has 0 bridgehead atoms. The summed E-state index contributed by atoms with van der Waals surface area (Å²) in [5.41, 5.74) is 2.63. The first-order chi connectivity index (χ1) is 17.6. The van der Waals surface area contributed by atoms with Crippen molar-refractivity contribution in [3.05, 3.63) is 76.2 Å². The number of aromatic nitrogens is 4. The number of hydrogen-bond donors (Lipinski definition) is 1. The lowest BCUT2D eigenvalue weighted by Crippen LogP contribution is -2.49. The van der Waals surface area contributed by atoms with Gasteiger partial charge in [0.05, 0.1) is 11.0 Å². The summed E-state index contributed by atoms with van der Waals surface area (Å²) in [5, 5.41) is 0.767. The molecule has 2 fully saturated rings. The van der Waals surface area contributed by atoms with Crippen molar-refractivity contribution in [3.63, 3.8) is 0 Å². The molecule has 2 aromatic carbocycles. The molecule has 8 nitrogen and oxygen atoms in total.